The van der Waals surface area contributed by atoms with E-state index in [0.29, 0.717) is 17.9 Å². The summed E-state index contributed by atoms with van der Waals surface area (Å²) in [7, 11) is -1.98. The Morgan fingerprint density at radius 1 is 1.17 bits per heavy atom. The molecule has 3 aromatic rings. The quantitative estimate of drug-likeness (QED) is 0.705. The van der Waals surface area contributed by atoms with Crippen LogP contribution in [0.4, 0.5) is 0 Å². The maximum absolute atomic E-state index is 13.0. The highest BCUT2D eigenvalue weighted by atomic mass is 35.5. The first-order valence-electron chi connectivity index (χ1n) is 7.18. The first-order valence-corrected chi connectivity index (χ1v) is 9.04. The maximum Gasteiger partial charge on any atom is 0.223 e. The van der Waals surface area contributed by atoms with Crippen LogP contribution in [0.5, 0.6) is 0 Å². The van der Waals surface area contributed by atoms with E-state index in [2.05, 4.69) is 15.4 Å². The van der Waals surface area contributed by atoms with Gasteiger partial charge in [0.2, 0.25) is 9.84 Å². The van der Waals surface area contributed by atoms with Gasteiger partial charge in [0, 0.05) is 18.8 Å². The Kier molecular flexibility index (Phi) is 4.66. The molecule has 0 aliphatic heterocycles. The van der Waals surface area contributed by atoms with Gasteiger partial charge in [-0.25, -0.2) is 18.1 Å². The summed E-state index contributed by atoms with van der Waals surface area (Å²) in [5, 5.41) is 7.57. The summed E-state index contributed by atoms with van der Waals surface area (Å²) in [5.74, 6) is 0. The number of hydrogen-bond donors (Lipinski definition) is 1. The standard InChI is InChI=1S/C16H15ClN4O2S/c1-18-11-12-10-15(24(22,23)13-6-3-2-4-7-13)21(20-12)14-8-5-9-19-16(14)17/h2-10,18H,11H2,1H3. The van der Waals surface area contributed by atoms with Gasteiger partial charge in [0.15, 0.2) is 10.2 Å². The maximum atomic E-state index is 13.0. The molecule has 2 heterocycles. The fourth-order valence-corrected chi connectivity index (χ4v) is 3.91. The van der Waals surface area contributed by atoms with Gasteiger partial charge in [-0.15, -0.1) is 0 Å². The molecule has 0 spiro atoms. The summed E-state index contributed by atoms with van der Waals surface area (Å²) in [4.78, 5) is 4.20. The Bertz CT molecular complexity index is 955. The van der Waals surface area contributed by atoms with E-state index in [0.717, 1.165) is 0 Å². The van der Waals surface area contributed by atoms with Crippen molar-refractivity contribution in [1.29, 1.82) is 0 Å². The van der Waals surface area contributed by atoms with Gasteiger partial charge >= 0.3 is 0 Å². The molecule has 0 amide bonds. The van der Waals surface area contributed by atoms with Crippen LogP contribution in [0, 0.1) is 0 Å². The van der Waals surface area contributed by atoms with Crippen molar-refractivity contribution in [3.8, 4) is 5.69 Å². The second kappa shape index (κ2) is 6.72. The van der Waals surface area contributed by atoms with Crippen molar-refractivity contribution in [3.63, 3.8) is 0 Å². The molecule has 2 aromatic heterocycles. The van der Waals surface area contributed by atoms with Crippen LogP contribution in [0.3, 0.4) is 0 Å². The fraction of sp³-hybridized carbons (Fsp3) is 0.125. The lowest BCUT2D eigenvalue weighted by Crippen LogP contribution is -2.11. The zero-order valence-electron chi connectivity index (χ0n) is 12.8. The number of rotatable bonds is 5. The monoisotopic (exact) mass is 362 g/mol. The second-order valence-corrected chi connectivity index (χ2v) is 7.30. The van der Waals surface area contributed by atoms with E-state index in [1.54, 1.807) is 55.6 Å². The van der Waals surface area contributed by atoms with Crippen molar-refractivity contribution >= 4 is 21.4 Å². The van der Waals surface area contributed by atoms with Gasteiger partial charge in [-0.05, 0) is 31.3 Å². The Labute approximate surface area is 145 Å². The molecule has 0 bridgehead atoms. The van der Waals surface area contributed by atoms with Gasteiger partial charge in [-0.3, -0.25) is 0 Å². The molecule has 6 nitrogen and oxygen atoms in total. The van der Waals surface area contributed by atoms with Crippen LogP contribution in [-0.4, -0.2) is 30.2 Å². The molecule has 0 aliphatic rings. The Hall–Kier alpha value is -2.22. The topological polar surface area (TPSA) is 76.9 Å². The van der Waals surface area contributed by atoms with Crippen LogP contribution in [0.25, 0.3) is 5.69 Å². The summed E-state index contributed by atoms with van der Waals surface area (Å²) in [6.07, 6.45) is 1.54. The minimum absolute atomic E-state index is 0.0499. The lowest BCUT2D eigenvalue weighted by Gasteiger charge is -2.09. The lowest BCUT2D eigenvalue weighted by molar-refractivity contribution is 0.585. The third-order valence-corrected chi connectivity index (χ3v) is 5.41. The third kappa shape index (κ3) is 3.06. The SMILES string of the molecule is CNCc1cc(S(=O)(=O)c2ccccc2)n(-c2cccnc2Cl)n1. The molecule has 0 fully saturated rings. The Balaban J connectivity index is 2.23. The normalized spacial score (nSPS) is 11.6. The number of nitrogens with one attached hydrogen (secondary N) is 1. The first kappa shape index (κ1) is 16.6. The van der Waals surface area contributed by atoms with Crippen molar-refractivity contribution in [2.75, 3.05) is 7.05 Å². The molecule has 1 aromatic carbocycles. The van der Waals surface area contributed by atoms with Gasteiger partial charge < -0.3 is 5.32 Å². The van der Waals surface area contributed by atoms with Crippen LogP contribution >= 0.6 is 11.6 Å². The number of aromatic nitrogens is 3. The van der Waals surface area contributed by atoms with Crippen LogP contribution < -0.4 is 5.32 Å². The highest BCUT2D eigenvalue weighted by Crippen LogP contribution is 2.26. The Morgan fingerprint density at radius 3 is 2.58 bits per heavy atom. The summed E-state index contributed by atoms with van der Waals surface area (Å²) in [6, 6.07) is 13.1. The minimum Gasteiger partial charge on any atom is -0.314 e. The van der Waals surface area contributed by atoms with Crippen molar-refractivity contribution in [1.82, 2.24) is 20.1 Å². The van der Waals surface area contributed by atoms with Crippen LogP contribution in [0.15, 0.2) is 64.6 Å². The number of sulfone groups is 1. The zero-order chi connectivity index (χ0) is 17.2. The van der Waals surface area contributed by atoms with Crippen molar-refractivity contribution in [2.24, 2.45) is 0 Å². The van der Waals surface area contributed by atoms with E-state index in [9.17, 15) is 8.42 Å². The highest BCUT2D eigenvalue weighted by Gasteiger charge is 2.25. The molecule has 24 heavy (non-hydrogen) atoms. The fourth-order valence-electron chi connectivity index (χ4n) is 2.30. The molecule has 0 aliphatic carbocycles. The predicted octanol–water partition coefficient (Wildman–Crippen LogP) is 2.47. The molecular weight excluding hydrogens is 348 g/mol. The second-order valence-electron chi connectivity index (χ2n) is 5.05. The largest absolute Gasteiger partial charge is 0.314 e. The van der Waals surface area contributed by atoms with Crippen LogP contribution in [0.1, 0.15) is 5.69 Å². The molecule has 0 radical (unpaired) electrons. The predicted molar refractivity (Wildman–Crippen MR) is 91.0 cm³/mol. The van der Waals surface area contributed by atoms with Crippen molar-refractivity contribution < 1.29 is 8.42 Å². The number of pyridine rings is 1. The molecule has 124 valence electrons. The smallest absolute Gasteiger partial charge is 0.223 e. The van der Waals surface area contributed by atoms with Gasteiger partial charge in [0.25, 0.3) is 0 Å². The zero-order valence-corrected chi connectivity index (χ0v) is 14.4. The summed E-state index contributed by atoms with van der Waals surface area (Å²) in [6.45, 7) is 0.433. The number of benzene rings is 1. The molecule has 8 heteroatoms. The van der Waals surface area contributed by atoms with E-state index in [1.807, 2.05) is 0 Å². The molecular formula is C16H15ClN4O2S. The van der Waals surface area contributed by atoms with E-state index < -0.39 is 9.84 Å². The van der Waals surface area contributed by atoms with E-state index in [-0.39, 0.29) is 15.1 Å². The Morgan fingerprint density at radius 2 is 1.92 bits per heavy atom. The van der Waals surface area contributed by atoms with Gasteiger partial charge in [0.05, 0.1) is 10.6 Å². The van der Waals surface area contributed by atoms with Crippen LogP contribution in [0.2, 0.25) is 5.15 Å². The molecule has 0 atom stereocenters. The first-order chi connectivity index (χ1) is 11.5. The van der Waals surface area contributed by atoms with E-state index >= 15 is 0 Å². The number of nitrogens with zero attached hydrogens (tertiary/aromatic N) is 3. The summed E-state index contributed by atoms with van der Waals surface area (Å²) >= 11 is 6.13. The molecule has 0 saturated heterocycles. The number of hydrogen-bond acceptors (Lipinski definition) is 5. The van der Waals surface area contributed by atoms with Crippen molar-refractivity contribution in [2.45, 2.75) is 16.5 Å². The van der Waals surface area contributed by atoms with E-state index in [1.165, 1.54) is 10.9 Å². The van der Waals surface area contributed by atoms with Gasteiger partial charge in [-0.2, -0.15) is 5.10 Å². The van der Waals surface area contributed by atoms with Crippen LogP contribution in [-0.2, 0) is 16.4 Å². The molecule has 3 rings (SSSR count). The summed E-state index contributed by atoms with van der Waals surface area (Å²) in [5.41, 5.74) is 1.00. The lowest BCUT2D eigenvalue weighted by atomic mass is 10.4. The molecule has 1 N–H and O–H groups in total. The minimum atomic E-state index is -3.75. The number of halogens is 1. The molecule has 0 saturated carbocycles. The molecule has 0 unspecified atom stereocenters. The van der Waals surface area contributed by atoms with E-state index in [4.69, 9.17) is 11.6 Å². The average Bonchev–Trinajstić information content (AvgIpc) is 3.01. The van der Waals surface area contributed by atoms with Gasteiger partial charge in [0.1, 0.15) is 5.69 Å². The summed E-state index contributed by atoms with van der Waals surface area (Å²) < 4.78 is 27.3. The van der Waals surface area contributed by atoms with Crippen molar-refractivity contribution in [3.05, 3.63) is 65.6 Å². The highest BCUT2D eigenvalue weighted by molar-refractivity contribution is 7.91. The van der Waals surface area contributed by atoms with Gasteiger partial charge in [-0.1, -0.05) is 29.8 Å². The third-order valence-electron chi connectivity index (χ3n) is 3.38. The average molecular weight is 363 g/mol.